The van der Waals surface area contributed by atoms with E-state index in [4.69, 9.17) is 9.97 Å². The van der Waals surface area contributed by atoms with Gasteiger partial charge in [-0.05, 0) is 60.2 Å². The van der Waals surface area contributed by atoms with Crippen molar-refractivity contribution >= 4 is 33.7 Å². The molecule has 3 heterocycles. The van der Waals surface area contributed by atoms with Crippen molar-refractivity contribution in [3.05, 3.63) is 129 Å². The third kappa shape index (κ3) is 6.67. The molecule has 0 amide bonds. The van der Waals surface area contributed by atoms with Gasteiger partial charge < -0.3 is 10.3 Å². The average molecular weight is 615 g/mol. The van der Waals surface area contributed by atoms with Crippen LogP contribution in [0.15, 0.2) is 85.2 Å². The Morgan fingerprint density at radius 3 is 2.54 bits per heavy atom. The predicted molar refractivity (Wildman–Crippen MR) is 163 cm³/mol. The Bertz CT molecular complexity index is 1590. The summed E-state index contributed by atoms with van der Waals surface area (Å²) in [7, 11) is 0. The van der Waals surface area contributed by atoms with E-state index >= 15 is 0 Å². The first kappa shape index (κ1) is 28.5. The van der Waals surface area contributed by atoms with Crippen LogP contribution in [-0.4, -0.2) is 29.8 Å². The van der Waals surface area contributed by atoms with Gasteiger partial charge in [0.15, 0.2) is 0 Å². The summed E-state index contributed by atoms with van der Waals surface area (Å²) in [5.41, 5.74) is 7.33. The van der Waals surface area contributed by atoms with E-state index in [0.717, 1.165) is 48.2 Å². The van der Waals surface area contributed by atoms with Crippen molar-refractivity contribution in [2.45, 2.75) is 51.5 Å². The minimum absolute atomic E-state index is 0. The van der Waals surface area contributed by atoms with Gasteiger partial charge in [-0.25, -0.2) is 4.98 Å². The lowest BCUT2D eigenvalue weighted by atomic mass is 9.90. The fraction of sp³-hybridized carbons (Fsp3) is 0.258. The topological polar surface area (TPSA) is 113 Å². The number of nitro groups is 1. The van der Waals surface area contributed by atoms with Gasteiger partial charge in [-0.1, -0.05) is 42.5 Å². The molecule has 0 spiro atoms. The van der Waals surface area contributed by atoms with E-state index in [-0.39, 0.29) is 28.7 Å². The maximum absolute atomic E-state index is 11.2. The molecule has 0 bridgehead atoms. The summed E-state index contributed by atoms with van der Waals surface area (Å²) >= 11 is 0. The maximum atomic E-state index is 11.2. The Labute approximate surface area is 249 Å². The first-order valence-electron chi connectivity index (χ1n) is 13.6. The van der Waals surface area contributed by atoms with Crippen molar-refractivity contribution in [3.8, 4) is 0 Å². The van der Waals surface area contributed by atoms with Crippen LogP contribution in [0.1, 0.15) is 52.8 Å². The minimum Gasteiger partial charge on any atom is -0.341 e. The fourth-order valence-electron chi connectivity index (χ4n) is 5.54. The van der Waals surface area contributed by atoms with Crippen molar-refractivity contribution in [2.75, 3.05) is 0 Å². The summed E-state index contributed by atoms with van der Waals surface area (Å²) in [6, 6.07) is 24.2. The van der Waals surface area contributed by atoms with Gasteiger partial charge in [0.2, 0.25) is 0 Å². The van der Waals surface area contributed by atoms with Crippen LogP contribution in [0.5, 0.6) is 0 Å². The van der Waals surface area contributed by atoms with Gasteiger partial charge >= 0.3 is 0 Å². The minimum atomic E-state index is -0.393. The number of aromatic nitrogens is 4. The summed E-state index contributed by atoms with van der Waals surface area (Å²) in [6.45, 7) is 2.39. The van der Waals surface area contributed by atoms with E-state index in [9.17, 15) is 10.1 Å². The number of nitrogens with one attached hydrogen (secondary N) is 2. The number of hydrogen-bond acceptors (Lipinski definition) is 7. The molecular weight excluding hydrogens is 582 g/mol. The third-order valence-corrected chi connectivity index (χ3v) is 7.49. The number of imidazole rings is 1. The van der Waals surface area contributed by atoms with Crippen LogP contribution in [0, 0.1) is 10.1 Å². The highest BCUT2D eigenvalue weighted by Crippen LogP contribution is 2.34. The Balaban J connectivity index is 0.00000337. The quantitative estimate of drug-likeness (QED) is 0.142. The summed E-state index contributed by atoms with van der Waals surface area (Å²) in [5, 5.41) is 14.5. The molecule has 6 rings (SSSR count). The number of H-pyrrole nitrogens is 1. The number of pyridine rings is 2. The van der Waals surface area contributed by atoms with Crippen LogP contribution in [0.4, 0.5) is 5.69 Å². The molecule has 9 nitrogen and oxygen atoms in total. The standard InChI is InChI=1S/C31H31N7O2.BrH/c39-38(40)28-11-5-16-33-27(28)19-32-18-22-12-14-23(15-13-22)20-37(21-30-35-25-8-1-2-9-26(25)36-30)29-10-3-6-24-7-4-17-34-31(24)29;/h1-2,4-5,7-9,11-17,29,32H,3,6,10,18-21H2,(H,35,36);1H. The molecule has 210 valence electrons. The van der Waals surface area contributed by atoms with Crippen LogP contribution in [-0.2, 0) is 32.6 Å². The van der Waals surface area contributed by atoms with Gasteiger partial charge in [0.25, 0.3) is 5.69 Å². The van der Waals surface area contributed by atoms with E-state index in [0.29, 0.717) is 25.3 Å². The zero-order valence-electron chi connectivity index (χ0n) is 22.6. The van der Waals surface area contributed by atoms with E-state index in [1.165, 1.54) is 22.9 Å². The Hall–Kier alpha value is -3.99. The maximum Gasteiger partial charge on any atom is 0.292 e. The number of aromatic amines is 1. The second kappa shape index (κ2) is 13.1. The Morgan fingerprint density at radius 2 is 1.71 bits per heavy atom. The summed E-state index contributed by atoms with van der Waals surface area (Å²) in [6.07, 6.45) is 6.75. The number of hydrogen-bond donors (Lipinski definition) is 2. The summed E-state index contributed by atoms with van der Waals surface area (Å²) in [4.78, 5) is 30.7. The van der Waals surface area contributed by atoms with Gasteiger partial charge in [0.05, 0.1) is 34.2 Å². The number of aryl methyl sites for hydroxylation is 1. The molecular formula is C31H32BrN7O2. The second-order valence-corrected chi connectivity index (χ2v) is 10.2. The predicted octanol–water partition coefficient (Wildman–Crippen LogP) is 6.21. The molecule has 2 aromatic carbocycles. The number of rotatable bonds is 10. The van der Waals surface area contributed by atoms with Crippen molar-refractivity contribution in [3.63, 3.8) is 0 Å². The van der Waals surface area contributed by atoms with Crippen LogP contribution in [0.2, 0.25) is 0 Å². The normalized spacial score (nSPS) is 14.5. The molecule has 41 heavy (non-hydrogen) atoms. The number of para-hydroxylation sites is 2. The average Bonchev–Trinajstić information content (AvgIpc) is 3.40. The van der Waals surface area contributed by atoms with Crippen LogP contribution in [0.3, 0.4) is 0 Å². The van der Waals surface area contributed by atoms with Gasteiger partial charge in [0.1, 0.15) is 11.5 Å². The molecule has 2 N–H and O–H groups in total. The second-order valence-electron chi connectivity index (χ2n) is 10.2. The zero-order valence-corrected chi connectivity index (χ0v) is 24.3. The molecule has 0 saturated heterocycles. The first-order chi connectivity index (χ1) is 19.6. The molecule has 10 heteroatoms. The van der Waals surface area contributed by atoms with Crippen molar-refractivity contribution in [2.24, 2.45) is 0 Å². The molecule has 0 aliphatic heterocycles. The Morgan fingerprint density at radius 1 is 0.927 bits per heavy atom. The molecule has 5 aromatic rings. The number of nitrogens with zero attached hydrogens (tertiary/aromatic N) is 5. The number of fused-ring (bicyclic) bond motifs is 2. The van der Waals surface area contributed by atoms with E-state index < -0.39 is 4.92 Å². The summed E-state index contributed by atoms with van der Waals surface area (Å²) < 4.78 is 0. The van der Waals surface area contributed by atoms with Crippen molar-refractivity contribution in [1.82, 2.24) is 30.2 Å². The van der Waals surface area contributed by atoms with E-state index in [1.54, 1.807) is 12.3 Å². The zero-order chi connectivity index (χ0) is 27.3. The Kier molecular flexibility index (Phi) is 9.13. The molecule has 0 fully saturated rings. The van der Waals surface area contributed by atoms with Crippen LogP contribution < -0.4 is 5.32 Å². The lowest BCUT2D eigenvalue weighted by molar-refractivity contribution is -0.386. The van der Waals surface area contributed by atoms with E-state index in [1.807, 2.05) is 30.5 Å². The molecule has 1 atom stereocenters. The van der Waals surface area contributed by atoms with Gasteiger partial charge in [0, 0.05) is 38.1 Å². The van der Waals surface area contributed by atoms with E-state index in [2.05, 4.69) is 56.6 Å². The lowest BCUT2D eigenvalue weighted by Gasteiger charge is -2.34. The molecule has 1 aliphatic rings. The highest BCUT2D eigenvalue weighted by Gasteiger charge is 2.28. The van der Waals surface area contributed by atoms with Gasteiger partial charge in [-0.2, -0.15) is 0 Å². The van der Waals surface area contributed by atoms with Crippen LogP contribution >= 0.6 is 17.0 Å². The van der Waals surface area contributed by atoms with Gasteiger partial charge in [-0.3, -0.25) is 25.0 Å². The SMILES string of the molecule is Br.O=[N+]([O-])c1cccnc1CNCc1ccc(CN(Cc2nc3ccccc3[nH]2)C2CCCc3cccnc32)cc1. The van der Waals surface area contributed by atoms with Crippen molar-refractivity contribution < 1.29 is 4.92 Å². The smallest absolute Gasteiger partial charge is 0.292 e. The highest BCUT2D eigenvalue weighted by molar-refractivity contribution is 8.93. The number of benzene rings is 2. The van der Waals surface area contributed by atoms with Crippen LogP contribution in [0.25, 0.3) is 11.0 Å². The molecule has 1 aliphatic carbocycles. The molecule has 0 radical (unpaired) electrons. The highest BCUT2D eigenvalue weighted by atomic mass is 79.9. The van der Waals surface area contributed by atoms with Gasteiger partial charge in [-0.15, -0.1) is 17.0 Å². The lowest BCUT2D eigenvalue weighted by Crippen LogP contribution is -2.31. The molecule has 0 saturated carbocycles. The molecule has 1 unspecified atom stereocenters. The third-order valence-electron chi connectivity index (χ3n) is 7.49. The fourth-order valence-corrected chi connectivity index (χ4v) is 5.54. The monoisotopic (exact) mass is 613 g/mol. The summed E-state index contributed by atoms with van der Waals surface area (Å²) in [5.74, 6) is 0.952. The van der Waals surface area contributed by atoms with Crippen molar-refractivity contribution in [1.29, 1.82) is 0 Å². The molecule has 3 aromatic heterocycles. The largest absolute Gasteiger partial charge is 0.341 e. The number of halogens is 1. The first-order valence-corrected chi connectivity index (χ1v) is 13.6.